The smallest absolute Gasteiger partial charge is 0.303 e. The van der Waals surface area contributed by atoms with E-state index in [0.717, 1.165) is 54.4 Å². The maximum Gasteiger partial charge on any atom is 0.303 e. The van der Waals surface area contributed by atoms with Crippen molar-refractivity contribution in [3.8, 4) is 0 Å². The Kier molecular flexibility index (Phi) is 7.04. The van der Waals surface area contributed by atoms with Gasteiger partial charge in [-0.15, -0.1) is 0 Å². The Bertz CT molecular complexity index is 896. The summed E-state index contributed by atoms with van der Waals surface area (Å²) in [7, 11) is 0. The van der Waals surface area contributed by atoms with Crippen molar-refractivity contribution in [2.75, 3.05) is 5.75 Å². The maximum absolute atomic E-state index is 11.3. The highest BCUT2D eigenvalue weighted by molar-refractivity contribution is 7.99. The molecule has 0 amide bonds. The predicted octanol–water partition coefficient (Wildman–Crippen LogP) is 5.39. The summed E-state index contributed by atoms with van der Waals surface area (Å²) >= 11 is 1.80. The minimum absolute atomic E-state index is 0.0813. The topological polar surface area (TPSA) is 74.6 Å². The van der Waals surface area contributed by atoms with Gasteiger partial charge in [0.2, 0.25) is 0 Å². The number of aryl methyl sites for hydroxylation is 1. The van der Waals surface area contributed by atoms with Crippen molar-refractivity contribution in [3.63, 3.8) is 0 Å². The van der Waals surface area contributed by atoms with Crippen molar-refractivity contribution in [1.82, 2.24) is 0 Å². The minimum Gasteiger partial charge on any atom is -0.481 e. The van der Waals surface area contributed by atoms with Gasteiger partial charge < -0.3 is 10.2 Å². The monoisotopic (exact) mass is 426 g/mol. The molecular formula is C25H30O4S. The molecule has 2 aromatic carbocycles. The van der Waals surface area contributed by atoms with E-state index in [-0.39, 0.29) is 17.1 Å². The lowest BCUT2D eigenvalue weighted by molar-refractivity contribution is -0.138. The minimum atomic E-state index is -0.907. The van der Waals surface area contributed by atoms with E-state index in [0.29, 0.717) is 5.56 Å². The second-order valence-corrected chi connectivity index (χ2v) is 10.1. The van der Waals surface area contributed by atoms with Gasteiger partial charge in [0.05, 0.1) is 12.0 Å². The average molecular weight is 427 g/mol. The molecule has 1 atom stereocenters. The molecule has 1 aliphatic carbocycles. The summed E-state index contributed by atoms with van der Waals surface area (Å²) in [5.74, 6) is 0.0781. The summed E-state index contributed by atoms with van der Waals surface area (Å²) < 4.78 is 0. The number of carbonyl (C=O) groups excluding carboxylic acids is 1. The fourth-order valence-corrected chi connectivity index (χ4v) is 5.52. The van der Waals surface area contributed by atoms with E-state index in [4.69, 9.17) is 0 Å². The van der Waals surface area contributed by atoms with E-state index < -0.39 is 11.6 Å². The molecule has 0 radical (unpaired) electrons. The van der Waals surface area contributed by atoms with Crippen LogP contribution in [0.25, 0.3) is 0 Å². The number of aliphatic carboxylic acids is 1. The Hall–Kier alpha value is -2.11. The van der Waals surface area contributed by atoms with Crippen molar-refractivity contribution < 1.29 is 19.8 Å². The molecule has 3 rings (SSSR count). The van der Waals surface area contributed by atoms with Crippen LogP contribution in [0, 0.1) is 5.41 Å². The fourth-order valence-electron chi connectivity index (χ4n) is 3.95. The molecule has 1 fully saturated rings. The molecule has 160 valence electrons. The quantitative estimate of drug-likeness (QED) is 0.471. The van der Waals surface area contributed by atoms with Crippen molar-refractivity contribution in [1.29, 1.82) is 0 Å². The van der Waals surface area contributed by atoms with E-state index in [2.05, 4.69) is 6.07 Å². The molecule has 0 bridgehead atoms. The van der Waals surface area contributed by atoms with Gasteiger partial charge in [0.25, 0.3) is 0 Å². The van der Waals surface area contributed by atoms with E-state index >= 15 is 0 Å². The first-order valence-corrected chi connectivity index (χ1v) is 11.5. The zero-order valence-corrected chi connectivity index (χ0v) is 18.5. The van der Waals surface area contributed by atoms with Crippen LogP contribution < -0.4 is 0 Å². The van der Waals surface area contributed by atoms with Crippen LogP contribution >= 0.6 is 11.8 Å². The molecule has 5 heteroatoms. The van der Waals surface area contributed by atoms with Crippen LogP contribution in [0.3, 0.4) is 0 Å². The standard InChI is InChI=1S/C25H30O4S/c1-24(2,29)21-9-4-3-7-19(21)10-11-22(20-8-5-6-18(14-20)16-26)30-17-25(12-13-25)15-23(27)28/h3-9,14,16,22,29H,10-13,15,17H2,1-2H3,(H,27,28)/t22-/m1/s1. The van der Waals surface area contributed by atoms with Crippen LogP contribution in [0.15, 0.2) is 48.5 Å². The number of rotatable bonds is 11. The number of benzene rings is 2. The molecule has 1 aliphatic rings. The predicted molar refractivity (Wildman–Crippen MR) is 121 cm³/mol. The molecule has 0 aliphatic heterocycles. The van der Waals surface area contributed by atoms with Gasteiger partial charge in [-0.25, -0.2) is 0 Å². The number of carbonyl (C=O) groups is 2. The van der Waals surface area contributed by atoms with E-state index in [1.54, 1.807) is 31.7 Å². The molecule has 2 aromatic rings. The Balaban J connectivity index is 1.78. The summed E-state index contributed by atoms with van der Waals surface area (Å²) in [6.45, 7) is 3.60. The number of hydrogen-bond donors (Lipinski definition) is 2. The summed E-state index contributed by atoms with van der Waals surface area (Å²) in [5.41, 5.74) is 2.81. The highest BCUT2D eigenvalue weighted by atomic mass is 32.2. The number of hydrogen-bond acceptors (Lipinski definition) is 4. The van der Waals surface area contributed by atoms with Gasteiger partial charge >= 0.3 is 5.97 Å². The number of aldehydes is 1. The van der Waals surface area contributed by atoms with E-state index in [1.807, 2.05) is 36.4 Å². The third kappa shape index (κ3) is 5.96. The fraction of sp³-hybridized carbons (Fsp3) is 0.440. The molecular weight excluding hydrogens is 396 g/mol. The van der Waals surface area contributed by atoms with Crippen LogP contribution in [-0.2, 0) is 16.8 Å². The van der Waals surface area contributed by atoms with Gasteiger partial charge in [0.15, 0.2) is 0 Å². The SMILES string of the molecule is CC(C)(O)c1ccccc1CC[C@@H](SCC1(CC(=O)O)CC1)c1cccc(C=O)c1. The Morgan fingerprint density at radius 2 is 1.93 bits per heavy atom. The molecule has 0 saturated heterocycles. The second-order valence-electron chi connectivity index (χ2n) is 8.91. The summed E-state index contributed by atoms with van der Waals surface area (Å²) in [4.78, 5) is 22.5. The number of carboxylic acid groups (broad SMARTS) is 1. The number of aliphatic hydroxyl groups is 1. The van der Waals surface area contributed by atoms with Crippen LogP contribution in [-0.4, -0.2) is 28.2 Å². The van der Waals surface area contributed by atoms with Crippen molar-refractivity contribution in [2.24, 2.45) is 5.41 Å². The number of carboxylic acids is 1. The largest absolute Gasteiger partial charge is 0.481 e. The lowest BCUT2D eigenvalue weighted by Crippen LogP contribution is -2.18. The molecule has 2 N–H and O–H groups in total. The number of thioether (sulfide) groups is 1. The zero-order chi connectivity index (χ0) is 21.8. The van der Waals surface area contributed by atoms with Gasteiger partial charge in [-0.05, 0) is 67.7 Å². The molecule has 4 nitrogen and oxygen atoms in total. The maximum atomic E-state index is 11.3. The van der Waals surface area contributed by atoms with Crippen molar-refractivity contribution in [2.45, 2.75) is 56.8 Å². The summed E-state index contributed by atoms with van der Waals surface area (Å²) in [6, 6.07) is 15.6. The average Bonchev–Trinajstić information content (AvgIpc) is 3.46. The lowest BCUT2D eigenvalue weighted by atomic mass is 9.90. The van der Waals surface area contributed by atoms with E-state index in [1.165, 1.54) is 0 Å². The summed E-state index contributed by atoms with van der Waals surface area (Å²) in [6.07, 6.45) is 4.67. The first-order valence-electron chi connectivity index (χ1n) is 10.4. The van der Waals surface area contributed by atoms with Crippen molar-refractivity contribution >= 4 is 24.0 Å². The molecule has 0 heterocycles. The highest BCUT2D eigenvalue weighted by Crippen LogP contribution is 2.53. The van der Waals surface area contributed by atoms with Crippen LogP contribution in [0.1, 0.15) is 71.8 Å². The van der Waals surface area contributed by atoms with Crippen LogP contribution in [0.4, 0.5) is 0 Å². The summed E-state index contributed by atoms with van der Waals surface area (Å²) in [5, 5.41) is 19.9. The normalized spacial score (nSPS) is 16.1. The van der Waals surface area contributed by atoms with Crippen molar-refractivity contribution in [3.05, 3.63) is 70.8 Å². The van der Waals surface area contributed by atoms with E-state index in [9.17, 15) is 19.8 Å². The van der Waals surface area contributed by atoms with Crippen LogP contribution in [0.5, 0.6) is 0 Å². The molecule has 1 saturated carbocycles. The third-order valence-electron chi connectivity index (χ3n) is 5.84. The lowest BCUT2D eigenvalue weighted by Gasteiger charge is -2.24. The first kappa shape index (κ1) is 22.6. The Labute approximate surface area is 182 Å². The molecule has 0 unspecified atom stereocenters. The molecule has 0 spiro atoms. The van der Waals surface area contributed by atoms with Gasteiger partial charge in [-0.3, -0.25) is 9.59 Å². The highest BCUT2D eigenvalue weighted by Gasteiger charge is 2.44. The third-order valence-corrected chi connectivity index (χ3v) is 7.53. The first-order chi connectivity index (χ1) is 14.2. The molecule has 0 aromatic heterocycles. The van der Waals surface area contributed by atoms with Gasteiger partial charge in [-0.2, -0.15) is 11.8 Å². The second kappa shape index (κ2) is 9.36. The van der Waals surface area contributed by atoms with Gasteiger partial charge in [0, 0.05) is 16.6 Å². The van der Waals surface area contributed by atoms with Gasteiger partial charge in [0.1, 0.15) is 6.29 Å². The Morgan fingerprint density at radius 1 is 1.20 bits per heavy atom. The van der Waals surface area contributed by atoms with Crippen LogP contribution in [0.2, 0.25) is 0 Å². The Morgan fingerprint density at radius 3 is 2.57 bits per heavy atom. The molecule has 30 heavy (non-hydrogen) atoms. The zero-order valence-electron chi connectivity index (χ0n) is 17.6. The van der Waals surface area contributed by atoms with Gasteiger partial charge in [-0.1, -0.05) is 42.5 Å².